The number of fused-ring (bicyclic) bond motifs is 1. The third kappa shape index (κ3) is 3.07. The molecular formula is C20H22N2O5. The van der Waals surface area contributed by atoms with Gasteiger partial charge < -0.3 is 19.0 Å². The molecule has 0 saturated carbocycles. The van der Waals surface area contributed by atoms with E-state index < -0.39 is 11.2 Å². The Bertz CT molecular complexity index is 953. The largest absolute Gasteiger partial charge is 0.484 e. The summed E-state index contributed by atoms with van der Waals surface area (Å²) in [6.45, 7) is 1.16. The Morgan fingerprint density at radius 1 is 1.15 bits per heavy atom. The number of nitrogens with zero attached hydrogens (tertiary/aromatic N) is 2. The molecule has 0 radical (unpaired) electrons. The van der Waals surface area contributed by atoms with Gasteiger partial charge in [0.2, 0.25) is 5.91 Å². The summed E-state index contributed by atoms with van der Waals surface area (Å²) in [4.78, 5) is 40.4. The van der Waals surface area contributed by atoms with Crippen molar-refractivity contribution >= 4 is 22.8 Å². The van der Waals surface area contributed by atoms with E-state index in [2.05, 4.69) is 0 Å². The van der Waals surface area contributed by atoms with Gasteiger partial charge in [0, 0.05) is 37.7 Å². The molecule has 27 heavy (non-hydrogen) atoms. The van der Waals surface area contributed by atoms with Crippen molar-refractivity contribution in [1.29, 1.82) is 0 Å². The highest BCUT2D eigenvalue weighted by molar-refractivity contribution is 5.93. The minimum absolute atomic E-state index is 0.0343. The molecule has 142 valence electrons. The number of likely N-dealkylation sites (tertiary alicyclic amines) is 2. The molecule has 1 unspecified atom stereocenters. The number of ether oxygens (including phenoxy) is 1. The van der Waals surface area contributed by atoms with Gasteiger partial charge in [-0.15, -0.1) is 0 Å². The van der Waals surface area contributed by atoms with Crippen LogP contribution in [-0.4, -0.2) is 53.9 Å². The maximum absolute atomic E-state index is 12.8. The summed E-state index contributed by atoms with van der Waals surface area (Å²) >= 11 is 0. The third-order valence-electron chi connectivity index (χ3n) is 5.58. The van der Waals surface area contributed by atoms with Crippen molar-refractivity contribution < 1.29 is 18.7 Å². The molecule has 7 heteroatoms. The smallest absolute Gasteiger partial charge is 0.336 e. The molecule has 1 aromatic heterocycles. The molecule has 2 amide bonds. The molecule has 2 fully saturated rings. The summed E-state index contributed by atoms with van der Waals surface area (Å²) < 4.78 is 10.8. The molecule has 2 saturated heterocycles. The normalized spacial score (nSPS) is 22.6. The Hall–Kier alpha value is -2.83. The standard InChI is InChI=1S/C20H22N2O5/c1-21-10-2-8-20(19(21)25)9-3-11-22(20)17(23)13-26-15-6-4-14-5-7-18(24)27-16(14)12-15/h4-7,12H,2-3,8-11,13H2,1H3. The van der Waals surface area contributed by atoms with E-state index in [1.165, 1.54) is 6.07 Å². The summed E-state index contributed by atoms with van der Waals surface area (Å²) in [7, 11) is 1.80. The fraction of sp³-hybridized carbons (Fsp3) is 0.450. The number of benzene rings is 1. The highest BCUT2D eigenvalue weighted by Crippen LogP contribution is 2.38. The second-order valence-corrected chi connectivity index (χ2v) is 7.25. The molecule has 1 aromatic carbocycles. The number of piperidine rings is 1. The first kappa shape index (κ1) is 17.6. The van der Waals surface area contributed by atoms with Crippen molar-refractivity contribution in [3.05, 3.63) is 40.8 Å². The monoisotopic (exact) mass is 370 g/mol. The maximum atomic E-state index is 12.8. The first-order valence-electron chi connectivity index (χ1n) is 9.22. The van der Waals surface area contributed by atoms with Gasteiger partial charge in [0.15, 0.2) is 6.61 Å². The minimum atomic E-state index is -0.705. The summed E-state index contributed by atoms with van der Waals surface area (Å²) in [5.74, 6) is 0.295. The molecule has 1 atom stereocenters. The van der Waals surface area contributed by atoms with Crippen molar-refractivity contribution in [3.63, 3.8) is 0 Å². The lowest BCUT2D eigenvalue weighted by atomic mass is 9.85. The molecule has 4 rings (SSSR count). The average Bonchev–Trinajstić information content (AvgIpc) is 3.08. The van der Waals surface area contributed by atoms with Crippen molar-refractivity contribution in [3.8, 4) is 5.75 Å². The first-order chi connectivity index (χ1) is 13.0. The number of hydrogen-bond donors (Lipinski definition) is 0. The number of amides is 2. The quantitative estimate of drug-likeness (QED) is 0.770. The molecule has 0 N–H and O–H groups in total. The van der Waals surface area contributed by atoms with Crippen LogP contribution >= 0.6 is 0 Å². The van der Waals surface area contributed by atoms with Crippen LogP contribution in [0.1, 0.15) is 25.7 Å². The van der Waals surface area contributed by atoms with Crippen LogP contribution in [0.2, 0.25) is 0 Å². The zero-order valence-corrected chi connectivity index (χ0v) is 15.3. The van der Waals surface area contributed by atoms with E-state index >= 15 is 0 Å². The molecule has 7 nitrogen and oxygen atoms in total. The van der Waals surface area contributed by atoms with E-state index in [1.54, 1.807) is 41.1 Å². The third-order valence-corrected chi connectivity index (χ3v) is 5.58. The predicted molar refractivity (Wildman–Crippen MR) is 98.5 cm³/mol. The Balaban J connectivity index is 1.49. The fourth-order valence-electron chi connectivity index (χ4n) is 4.25. The number of carbonyl (C=O) groups is 2. The molecule has 3 heterocycles. The van der Waals surface area contributed by atoms with Crippen molar-refractivity contribution in [2.24, 2.45) is 0 Å². The van der Waals surface area contributed by atoms with Gasteiger partial charge in [-0.1, -0.05) is 0 Å². The minimum Gasteiger partial charge on any atom is -0.484 e. The Kier molecular flexibility index (Phi) is 4.37. The highest BCUT2D eigenvalue weighted by atomic mass is 16.5. The van der Waals surface area contributed by atoms with Gasteiger partial charge in [-0.3, -0.25) is 9.59 Å². The van der Waals surface area contributed by atoms with E-state index in [1.807, 2.05) is 0 Å². The van der Waals surface area contributed by atoms with E-state index in [-0.39, 0.29) is 18.4 Å². The van der Waals surface area contributed by atoms with E-state index in [4.69, 9.17) is 9.15 Å². The van der Waals surface area contributed by atoms with Crippen molar-refractivity contribution in [2.45, 2.75) is 31.2 Å². The summed E-state index contributed by atoms with van der Waals surface area (Å²) in [5.41, 5.74) is -0.729. The van der Waals surface area contributed by atoms with Crippen molar-refractivity contribution in [1.82, 2.24) is 9.80 Å². The molecule has 0 aliphatic carbocycles. The topological polar surface area (TPSA) is 80.1 Å². The van der Waals surface area contributed by atoms with Gasteiger partial charge in [0.05, 0.1) is 0 Å². The van der Waals surface area contributed by atoms with Gasteiger partial charge in [-0.05, 0) is 43.9 Å². The van der Waals surface area contributed by atoms with Gasteiger partial charge in [-0.25, -0.2) is 4.79 Å². The maximum Gasteiger partial charge on any atom is 0.336 e. The zero-order chi connectivity index (χ0) is 19.0. The Labute approximate surface area is 156 Å². The van der Waals surface area contributed by atoms with Gasteiger partial charge in [0.1, 0.15) is 16.9 Å². The molecule has 2 aliphatic heterocycles. The fourth-order valence-corrected chi connectivity index (χ4v) is 4.25. The second kappa shape index (κ2) is 6.72. The molecule has 2 aromatic rings. The van der Waals surface area contributed by atoms with Crippen LogP contribution in [0.25, 0.3) is 11.0 Å². The zero-order valence-electron chi connectivity index (χ0n) is 15.3. The summed E-state index contributed by atoms with van der Waals surface area (Å²) in [6, 6.07) is 8.14. The summed E-state index contributed by atoms with van der Waals surface area (Å²) in [5, 5.41) is 0.780. The molecule has 2 aliphatic rings. The Morgan fingerprint density at radius 3 is 2.70 bits per heavy atom. The molecule has 0 bridgehead atoms. The number of likely N-dealkylation sites (N-methyl/N-ethyl adjacent to an activating group) is 1. The van der Waals surface area contributed by atoms with Crippen LogP contribution in [0.4, 0.5) is 0 Å². The van der Waals surface area contributed by atoms with Crippen LogP contribution in [0, 0.1) is 0 Å². The van der Waals surface area contributed by atoms with Gasteiger partial charge >= 0.3 is 5.63 Å². The molecule has 1 spiro atoms. The Morgan fingerprint density at radius 2 is 1.89 bits per heavy atom. The van der Waals surface area contributed by atoms with Crippen LogP contribution in [0.3, 0.4) is 0 Å². The highest BCUT2D eigenvalue weighted by Gasteiger charge is 2.51. The lowest BCUT2D eigenvalue weighted by molar-refractivity contribution is -0.155. The van der Waals surface area contributed by atoms with Crippen LogP contribution in [0.5, 0.6) is 5.75 Å². The van der Waals surface area contributed by atoms with E-state index in [9.17, 15) is 14.4 Å². The van der Waals surface area contributed by atoms with Crippen LogP contribution in [0.15, 0.2) is 39.5 Å². The summed E-state index contributed by atoms with van der Waals surface area (Å²) in [6.07, 6.45) is 3.15. The van der Waals surface area contributed by atoms with E-state index in [0.29, 0.717) is 30.7 Å². The van der Waals surface area contributed by atoms with Gasteiger partial charge in [-0.2, -0.15) is 0 Å². The van der Waals surface area contributed by atoms with Gasteiger partial charge in [0.25, 0.3) is 5.91 Å². The van der Waals surface area contributed by atoms with E-state index in [0.717, 1.165) is 24.8 Å². The number of hydrogen-bond acceptors (Lipinski definition) is 5. The SMILES string of the molecule is CN1CCCC2(CCCN2C(=O)COc2ccc3ccc(=O)oc3c2)C1=O. The lowest BCUT2D eigenvalue weighted by Gasteiger charge is -2.43. The lowest BCUT2D eigenvalue weighted by Crippen LogP contribution is -2.61. The predicted octanol–water partition coefficient (Wildman–Crippen LogP) is 1.79. The van der Waals surface area contributed by atoms with Crippen LogP contribution < -0.4 is 10.4 Å². The van der Waals surface area contributed by atoms with Crippen LogP contribution in [-0.2, 0) is 9.59 Å². The number of rotatable bonds is 3. The first-order valence-corrected chi connectivity index (χ1v) is 9.22. The second-order valence-electron chi connectivity index (χ2n) is 7.25. The van der Waals surface area contributed by atoms with Crippen molar-refractivity contribution in [2.75, 3.05) is 26.7 Å². The number of carbonyl (C=O) groups excluding carboxylic acids is 2. The molecular weight excluding hydrogens is 348 g/mol. The average molecular weight is 370 g/mol.